The third-order valence-corrected chi connectivity index (χ3v) is 9.60. The lowest BCUT2D eigenvalue weighted by Crippen LogP contribution is -2.57. The van der Waals surface area contributed by atoms with E-state index in [9.17, 15) is 9.90 Å². The third-order valence-electron chi connectivity index (χ3n) is 9.60. The molecule has 0 saturated heterocycles. The Bertz CT molecular complexity index is 586. The SMILES string of the molecule is CC(=O)[C@H]1CC[C@H]2[C@@H]3CC[C@H]4C[C@H](O)[C@@H](OC(C)C)C[C@]4(C)[C@H]3CC[C@]12C. The van der Waals surface area contributed by atoms with Crippen LogP contribution < -0.4 is 0 Å². The molecule has 4 saturated carbocycles. The molecular weight excluding hydrogens is 336 g/mol. The number of aliphatic hydroxyl groups excluding tert-OH is 1. The Morgan fingerprint density at radius 3 is 2.41 bits per heavy atom. The summed E-state index contributed by atoms with van der Waals surface area (Å²) in [7, 11) is 0. The summed E-state index contributed by atoms with van der Waals surface area (Å²) in [5.74, 6) is 3.58. The molecule has 3 nitrogen and oxygen atoms in total. The van der Waals surface area contributed by atoms with Crippen molar-refractivity contribution in [1.82, 2.24) is 0 Å². The van der Waals surface area contributed by atoms with Gasteiger partial charge in [-0.15, -0.1) is 0 Å². The highest BCUT2D eigenvalue weighted by Crippen LogP contribution is 2.67. The molecule has 0 spiro atoms. The number of Topliss-reactive ketones (excluding diaryl/α,β-unsaturated/α-hetero) is 1. The zero-order valence-corrected chi connectivity index (χ0v) is 18.0. The van der Waals surface area contributed by atoms with E-state index in [-0.39, 0.29) is 29.1 Å². The van der Waals surface area contributed by atoms with Gasteiger partial charge >= 0.3 is 0 Å². The normalized spacial score (nSPS) is 52.2. The first-order valence-electron chi connectivity index (χ1n) is 11.5. The van der Waals surface area contributed by atoms with Crippen LogP contribution in [-0.4, -0.2) is 29.2 Å². The van der Waals surface area contributed by atoms with Crippen molar-refractivity contribution in [3.8, 4) is 0 Å². The maximum absolute atomic E-state index is 12.3. The van der Waals surface area contributed by atoms with Gasteiger partial charge in [-0.3, -0.25) is 4.79 Å². The Labute approximate surface area is 165 Å². The van der Waals surface area contributed by atoms with Crippen molar-refractivity contribution in [1.29, 1.82) is 0 Å². The van der Waals surface area contributed by atoms with E-state index >= 15 is 0 Å². The van der Waals surface area contributed by atoms with E-state index < -0.39 is 0 Å². The molecule has 9 atom stereocenters. The van der Waals surface area contributed by atoms with Crippen molar-refractivity contribution in [2.24, 2.45) is 40.4 Å². The largest absolute Gasteiger partial charge is 0.390 e. The standard InChI is InChI=1S/C24H40O3/c1-14(2)27-22-13-24(5)16(12-21(22)26)6-7-17-19-9-8-18(15(3)25)23(19,4)11-10-20(17)24/h14,16-22,26H,6-13H2,1-5H3/t16-,17-,18+,19-,20-,21-,22-,23+,24-/m0/s1. The Morgan fingerprint density at radius 2 is 1.74 bits per heavy atom. The first-order chi connectivity index (χ1) is 12.7. The summed E-state index contributed by atoms with van der Waals surface area (Å²) < 4.78 is 6.16. The number of carbonyl (C=O) groups is 1. The summed E-state index contributed by atoms with van der Waals surface area (Å²) in [4.78, 5) is 12.3. The van der Waals surface area contributed by atoms with Crippen LogP contribution in [0.2, 0.25) is 0 Å². The number of aliphatic hydroxyl groups is 1. The number of hydrogen-bond donors (Lipinski definition) is 1. The van der Waals surface area contributed by atoms with E-state index in [0.717, 1.165) is 37.0 Å². The molecule has 1 N–H and O–H groups in total. The quantitative estimate of drug-likeness (QED) is 0.754. The van der Waals surface area contributed by atoms with Crippen molar-refractivity contribution in [2.75, 3.05) is 0 Å². The van der Waals surface area contributed by atoms with Crippen molar-refractivity contribution >= 4 is 5.78 Å². The first kappa shape index (κ1) is 19.9. The average Bonchev–Trinajstić information content (AvgIpc) is 2.93. The van der Waals surface area contributed by atoms with Gasteiger partial charge in [0.05, 0.1) is 18.3 Å². The molecule has 4 aliphatic carbocycles. The summed E-state index contributed by atoms with van der Waals surface area (Å²) in [6, 6.07) is 0. The molecule has 0 aromatic carbocycles. The molecule has 0 unspecified atom stereocenters. The Hall–Kier alpha value is -0.410. The fourth-order valence-corrected chi connectivity index (χ4v) is 8.41. The predicted octanol–water partition coefficient (Wildman–Crippen LogP) is 5.00. The summed E-state index contributed by atoms with van der Waals surface area (Å²) in [5, 5.41) is 10.7. The van der Waals surface area contributed by atoms with Gasteiger partial charge in [0.1, 0.15) is 5.78 Å². The van der Waals surface area contributed by atoms with Crippen LogP contribution in [0.1, 0.15) is 86.0 Å². The van der Waals surface area contributed by atoms with Crippen LogP contribution >= 0.6 is 0 Å². The lowest BCUT2D eigenvalue weighted by Gasteiger charge is -2.61. The number of carbonyl (C=O) groups excluding carboxylic acids is 1. The number of ether oxygens (including phenoxy) is 1. The van der Waals surface area contributed by atoms with Gasteiger partial charge in [0, 0.05) is 5.92 Å². The van der Waals surface area contributed by atoms with Gasteiger partial charge in [0.2, 0.25) is 0 Å². The molecule has 27 heavy (non-hydrogen) atoms. The van der Waals surface area contributed by atoms with E-state index in [1.165, 1.54) is 32.1 Å². The monoisotopic (exact) mass is 376 g/mol. The van der Waals surface area contributed by atoms with Gasteiger partial charge in [-0.25, -0.2) is 0 Å². The minimum absolute atomic E-state index is 0.00754. The minimum Gasteiger partial charge on any atom is -0.390 e. The fraction of sp³-hybridized carbons (Fsp3) is 0.958. The van der Waals surface area contributed by atoms with Gasteiger partial charge in [0.15, 0.2) is 0 Å². The van der Waals surface area contributed by atoms with Crippen LogP contribution in [0.5, 0.6) is 0 Å². The van der Waals surface area contributed by atoms with Crippen molar-refractivity contribution in [2.45, 2.75) is 104 Å². The molecule has 0 amide bonds. The van der Waals surface area contributed by atoms with Gasteiger partial charge in [-0.1, -0.05) is 13.8 Å². The maximum atomic E-state index is 12.3. The second-order valence-corrected chi connectivity index (χ2v) is 11.2. The van der Waals surface area contributed by atoms with Crippen LogP contribution in [0.15, 0.2) is 0 Å². The molecule has 0 aromatic rings. The maximum Gasteiger partial charge on any atom is 0.133 e. The molecule has 4 rings (SSSR count). The van der Waals surface area contributed by atoms with Crippen molar-refractivity contribution < 1.29 is 14.6 Å². The summed E-state index contributed by atoms with van der Waals surface area (Å²) in [5.41, 5.74) is 0.523. The highest BCUT2D eigenvalue weighted by Gasteiger charge is 2.61. The van der Waals surface area contributed by atoms with E-state index in [1.54, 1.807) is 0 Å². The molecule has 154 valence electrons. The fourth-order valence-electron chi connectivity index (χ4n) is 8.41. The number of fused-ring (bicyclic) bond motifs is 5. The minimum atomic E-state index is -0.301. The third kappa shape index (κ3) is 3.03. The number of ketones is 1. The molecule has 4 aliphatic rings. The Kier molecular flexibility index (Phi) is 5.03. The van der Waals surface area contributed by atoms with E-state index in [1.807, 2.05) is 6.92 Å². The summed E-state index contributed by atoms with van der Waals surface area (Å²) in [6.45, 7) is 10.9. The van der Waals surface area contributed by atoms with Crippen LogP contribution in [-0.2, 0) is 9.53 Å². The zero-order valence-electron chi connectivity index (χ0n) is 18.0. The molecule has 0 heterocycles. The Balaban J connectivity index is 1.59. The van der Waals surface area contributed by atoms with Crippen molar-refractivity contribution in [3.63, 3.8) is 0 Å². The van der Waals surface area contributed by atoms with Gasteiger partial charge < -0.3 is 9.84 Å². The predicted molar refractivity (Wildman–Crippen MR) is 107 cm³/mol. The Morgan fingerprint density at radius 1 is 1.04 bits per heavy atom. The smallest absolute Gasteiger partial charge is 0.133 e. The van der Waals surface area contributed by atoms with Crippen LogP contribution in [0, 0.1) is 40.4 Å². The van der Waals surface area contributed by atoms with Crippen LogP contribution in [0.4, 0.5) is 0 Å². The van der Waals surface area contributed by atoms with Crippen LogP contribution in [0.3, 0.4) is 0 Å². The summed E-state index contributed by atoms with van der Waals surface area (Å²) >= 11 is 0. The van der Waals surface area contributed by atoms with E-state index in [2.05, 4.69) is 27.7 Å². The lowest BCUT2D eigenvalue weighted by atomic mass is 9.44. The molecule has 0 bridgehead atoms. The molecule has 4 fully saturated rings. The second kappa shape index (κ2) is 6.83. The number of rotatable bonds is 3. The highest BCUT2D eigenvalue weighted by atomic mass is 16.5. The summed E-state index contributed by atoms with van der Waals surface area (Å²) in [6.07, 6.45) is 9.17. The van der Waals surface area contributed by atoms with Gasteiger partial charge in [-0.05, 0) is 107 Å². The lowest BCUT2D eigenvalue weighted by molar-refractivity contribution is -0.180. The topological polar surface area (TPSA) is 46.5 Å². The molecule has 0 radical (unpaired) electrons. The van der Waals surface area contributed by atoms with E-state index in [0.29, 0.717) is 17.6 Å². The average molecular weight is 377 g/mol. The molecule has 0 aliphatic heterocycles. The number of hydrogen-bond acceptors (Lipinski definition) is 3. The van der Waals surface area contributed by atoms with Crippen molar-refractivity contribution in [3.05, 3.63) is 0 Å². The highest BCUT2D eigenvalue weighted by molar-refractivity contribution is 5.79. The molecule has 0 aromatic heterocycles. The van der Waals surface area contributed by atoms with Gasteiger partial charge in [0.25, 0.3) is 0 Å². The second-order valence-electron chi connectivity index (χ2n) is 11.2. The first-order valence-corrected chi connectivity index (χ1v) is 11.5. The van der Waals surface area contributed by atoms with Gasteiger partial charge in [-0.2, -0.15) is 0 Å². The van der Waals surface area contributed by atoms with E-state index in [4.69, 9.17) is 4.74 Å². The zero-order chi connectivity index (χ0) is 19.6. The molecular formula is C24H40O3. The molecule has 3 heteroatoms. The van der Waals surface area contributed by atoms with Crippen LogP contribution in [0.25, 0.3) is 0 Å².